The Morgan fingerprint density at radius 1 is 0.778 bits per heavy atom. The molecule has 0 aliphatic carbocycles. The summed E-state index contributed by atoms with van der Waals surface area (Å²) in [6.07, 6.45) is 21.6. The third-order valence-corrected chi connectivity index (χ3v) is 3.93. The first-order valence-corrected chi connectivity index (χ1v) is 8.34. The molecular weight excluding hydrogens is 218 g/mol. The molecule has 0 bridgehead atoms. The molecule has 1 saturated heterocycles. The molecule has 106 valence electrons. The van der Waals surface area contributed by atoms with Gasteiger partial charge in [0.05, 0.1) is 0 Å². The lowest BCUT2D eigenvalue weighted by molar-refractivity contribution is 0.308. The van der Waals surface area contributed by atoms with Crippen LogP contribution in [0, 0.1) is 0 Å². The van der Waals surface area contributed by atoms with Crippen molar-refractivity contribution in [3.8, 4) is 0 Å². The van der Waals surface area contributed by atoms with Crippen molar-refractivity contribution in [1.29, 1.82) is 0 Å². The van der Waals surface area contributed by atoms with Crippen LogP contribution in [0.1, 0.15) is 84.0 Å². The summed E-state index contributed by atoms with van der Waals surface area (Å²) < 4.78 is 0. The van der Waals surface area contributed by atoms with Gasteiger partial charge in [-0.05, 0) is 38.3 Å². The third-order valence-electron chi connectivity index (χ3n) is 3.93. The molecule has 0 radical (unpaired) electrons. The van der Waals surface area contributed by atoms with Crippen LogP contribution in [0.3, 0.4) is 0 Å². The van der Waals surface area contributed by atoms with Crippen LogP contribution in [0.2, 0.25) is 0 Å². The molecule has 1 aliphatic rings. The second-order valence-electron chi connectivity index (χ2n) is 5.74. The average molecular weight is 251 g/mol. The van der Waals surface area contributed by atoms with Crippen molar-refractivity contribution in [1.82, 2.24) is 4.90 Å². The van der Waals surface area contributed by atoms with E-state index in [2.05, 4.69) is 24.1 Å². The van der Waals surface area contributed by atoms with Gasteiger partial charge in [0, 0.05) is 13.1 Å². The molecule has 1 fully saturated rings. The average Bonchev–Trinajstić information content (AvgIpc) is 2.42. The zero-order chi connectivity index (χ0) is 12.9. The molecule has 0 aromatic heterocycles. The number of hydrogen-bond donors (Lipinski definition) is 0. The molecule has 0 atom stereocenters. The van der Waals surface area contributed by atoms with E-state index in [1.807, 2.05) is 0 Å². The molecule has 1 rings (SSSR count). The lowest BCUT2D eigenvalue weighted by atomic mass is 10.1. The minimum absolute atomic E-state index is 1.28. The zero-order valence-electron chi connectivity index (χ0n) is 12.5. The Balaban J connectivity index is 1.81. The fourth-order valence-corrected chi connectivity index (χ4v) is 2.69. The second-order valence-corrected chi connectivity index (χ2v) is 5.74. The van der Waals surface area contributed by atoms with Crippen molar-refractivity contribution in [2.24, 2.45) is 0 Å². The summed E-state index contributed by atoms with van der Waals surface area (Å²) in [6.45, 7) is 4.86. The van der Waals surface area contributed by atoms with Crippen LogP contribution in [0.5, 0.6) is 0 Å². The Morgan fingerprint density at radius 2 is 1.39 bits per heavy atom. The summed E-state index contributed by atoms with van der Waals surface area (Å²) in [6, 6.07) is 0. The standard InChI is InChI=1S/C17H33N/c1-2-3-4-5-6-7-8-9-10-12-15-18-16-13-11-14-17-18/h12,15H,2-11,13-14,16-17H2,1H3/b15-12+. The van der Waals surface area contributed by atoms with Gasteiger partial charge in [-0.25, -0.2) is 0 Å². The molecule has 0 N–H and O–H groups in total. The van der Waals surface area contributed by atoms with Crippen molar-refractivity contribution in [3.63, 3.8) is 0 Å². The number of allylic oxidation sites excluding steroid dienone is 1. The molecule has 1 heteroatoms. The lowest BCUT2D eigenvalue weighted by Gasteiger charge is -2.24. The second kappa shape index (κ2) is 11.6. The molecule has 1 nitrogen and oxygen atoms in total. The fraction of sp³-hybridized carbons (Fsp3) is 0.882. The summed E-state index contributed by atoms with van der Waals surface area (Å²) in [5.74, 6) is 0. The molecule has 1 aliphatic heterocycles. The van der Waals surface area contributed by atoms with Crippen molar-refractivity contribution in [2.45, 2.75) is 84.0 Å². The van der Waals surface area contributed by atoms with Gasteiger partial charge in [-0.2, -0.15) is 0 Å². The summed E-state index contributed by atoms with van der Waals surface area (Å²) in [5.41, 5.74) is 0. The highest BCUT2D eigenvalue weighted by Gasteiger charge is 2.04. The third kappa shape index (κ3) is 8.60. The molecule has 0 unspecified atom stereocenters. The van der Waals surface area contributed by atoms with Crippen molar-refractivity contribution in [3.05, 3.63) is 12.3 Å². The highest BCUT2D eigenvalue weighted by atomic mass is 15.1. The summed E-state index contributed by atoms with van der Waals surface area (Å²) in [5, 5.41) is 0. The first-order chi connectivity index (χ1) is 8.93. The van der Waals surface area contributed by atoms with Gasteiger partial charge in [0.1, 0.15) is 0 Å². The number of unbranched alkanes of at least 4 members (excludes halogenated alkanes) is 8. The van der Waals surface area contributed by atoms with E-state index < -0.39 is 0 Å². The van der Waals surface area contributed by atoms with E-state index in [4.69, 9.17) is 0 Å². The van der Waals surface area contributed by atoms with E-state index in [0.717, 1.165) is 0 Å². The van der Waals surface area contributed by atoms with Gasteiger partial charge in [-0.1, -0.05) is 57.9 Å². The maximum atomic E-state index is 2.49. The summed E-state index contributed by atoms with van der Waals surface area (Å²) in [7, 11) is 0. The smallest absolute Gasteiger partial charge is 0.0172 e. The van der Waals surface area contributed by atoms with Gasteiger partial charge in [0.15, 0.2) is 0 Å². The van der Waals surface area contributed by atoms with Gasteiger partial charge < -0.3 is 4.90 Å². The molecule has 1 heterocycles. The normalized spacial score (nSPS) is 16.6. The highest BCUT2D eigenvalue weighted by molar-refractivity contribution is 4.83. The van der Waals surface area contributed by atoms with Crippen LogP contribution in [0.25, 0.3) is 0 Å². The number of rotatable bonds is 10. The lowest BCUT2D eigenvalue weighted by Crippen LogP contribution is -2.24. The van der Waals surface area contributed by atoms with E-state index in [1.54, 1.807) is 0 Å². The molecule has 0 spiro atoms. The maximum Gasteiger partial charge on any atom is 0.0172 e. The SMILES string of the molecule is CCCCCCCCCC/C=C/N1CCCCC1. The molecule has 0 saturated carbocycles. The Bertz CT molecular complexity index is 192. The predicted molar refractivity (Wildman–Crippen MR) is 81.8 cm³/mol. The van der Waals surface area contributed by atoms with Crippen molar-refractivity contribution in [2.75, 3.05) is 13.1 Å². The number of hydrogen-bond acceptors (Lipinski definition) is 1. The van der Waals surface area contributed by atoms with Crippen LogP contribution in [-0.2, 0) is 0 Å². The minimum Gasteiger partial charge on any atom is -0.378 e. The van der Waals surface area contributed by atoms with Crippen molar-refractivity contribution < 1.29 is 0 Å². The Kier molecular flexibility index (Phi) is 10.1. The van der Waals surface area contributed by atoms with E-state index in [0.29, 0.717) is 0 Å². The van der Waals surface area contributed by atoms with Crippen LogP contribution in [-0.4, -0.2) is 18.0 Å². The van der Waals surface area contributed by atoms with Gasteiger partial charge in [0.25, 0.3) is 0 Å². The molecular formula is C17H33N. The number of nitrogens with zero attached hydrogens (tertiary/aromatic N) is 1. The quantitative estimate of drug-likeness (QED) is 0.462. The van der Waals surface area contributed by atoms with E-state index in [1.165, 1.54) is 90.1 Å². The van der Waals surface area contributed by atoms with Crippen LogP contribution in [0.15, 0.2) is 12.3 Å². The van der Waals surface area contributed by atoms with Gasteiger partial charge in [0.2, 0.25) is 0 Å². The highest BCUT2D eigenvalue weighted by Crippen LogP contribution is 2.11. The zero-order valence-corrected chi connectivity index (χ0v) is 12.5. The van der Waals surface area contributed by atoms with Crippen LogP contribution < -0.4 is 0 Å². The summed E-state index contributed by atoms with van der Waals surface area (Å²) >= 11 is 0. The molecule has 0 amide bonds. The van der Waals surface area contributed by atoms with Crippen LogP contribution >= 0.6 is 0 Å². The first kappa shape index (κ1) is 15.6. The van der Waals surface area contributed by atoms with Gasteiger partial charge >= 0.3 is 0 Å². The molecule has 0 aromatic carbocycles. The predicted octanol–water partition coefficient (Wildman–Crippen LogP) is 5.52. The first-order valence-electron chi connectivity index (χ1n) is 8.34. The summed E-state index contributed by atoms with van der Waals surface area (Å²) in [4.78, 5) is 2.49. The topological polar surface area (TPSA) is 3.24 Å². The van der Waals surface area contributed by atoms with E-state index >= 15 is 0 Å². The fourth-order valence-electron chi connectivity index (χ4n) is 2.69. The maximum absolute atomic E-state index is 2.49. The largest absolute Gasteiger partial charge is 0.378 e. The van der Waals surface area contributed by atoms with Gasteiger partial charge in [-0.3, -0.25) is 0 Å². The Morgan fingerprint density at radius 3 is 2.06 bits per heavy atom. The molecule has 0 aromatic rings. The Labute approximate surface area is 115 Å². The minimum atomic E-state index is 1.28. The number of likely N-dealkylation sites (tertiary alicyclic amines) is 1. The monoisotopic (exact) mass is 251 g/mol. The van der Waals surface area contributed by atoms with Crippen molar-refractivity contribution >= 4 is 0 Å². The van der Waals surface area contributed by atoms with E-state index in [-0.39, 0.29) is 0 Å². The Hall–Kier alpha value is -0.460. The number of piperidine rings is 1. The van der Waals surface area contributed by atoms with Gasteiger partial charge in [-0.15, -0.1) is 0 Å². The van der Waals surface area contributed by atoms with E-state index in [9.17, 15) is 0 Å². The molecule has 18 heavy (non-hydrogen) atoms. The van der Waals surface area contributed by atoms with Crippen LogP contribution in [0.4, 0.5) is 0 Å².